The molecule has 0 unspecified atom stereocenters. The Morgan fingerprint density at radius 3 is 2.06 bits per heavy atom. The van der Waals surface area contributed by atoms with Crippen LogP contribution < -0.4 is 5.32 Å². The number of thioether (sulfide) groups is 1. The Labute approximate surface area is 214 Å². The minimum absolute atomic E-state index is 0.0178. The van der Waals surface area contributed by atoms with Crippen LogP contribution in [0.3, 0.4) is 0 Å². The van der Waals surface area contributed by atoms with E-state index in [1.54, 1.807) is 16.7 Å². The molecule has 1 N–H and O–H groups in total. The first kappa shape index (κ1) is 26.6. The fourth-order valence-electron chi connectivity index (χ4n) is 4.19. The number of hydrogen-bond acceptors (Lipinski definition) is 3. The van der Waals surface area contributed by atoms with Crippen molar-refractivity contribution in [3.05, 3.63) is 107 Å². The largest absolute Gasteiger partial charge is 0.354 e. The Morgan fingerprint density at radius 1 is 0.857 bits per heavy atom. The van der Waals surface area contributed by atoms with Gasteiger partial charge in [0.1, 0.15) is 6.04 Å². The topological polar surface area (TPSA) is 49.4 Å². The molecule has 0 aliphatic heterocycles. The molecule has 0 heterocycles. The van der Waals surface area contributed by atoms with Gasteiger partial charge in [-0.2, -0.15) is 0 Å². The van der Waals surface area contributed by atoms with Gasteiger partial charge in [0.25, 0.3) is 0 Å². The first-order chi connectivity index (χ1) is 17.0. The highest BCUT2D eigenvalue weighted by Crippen LogP contribution is 2.20. The second-order valence-electron chi connectivity index (χ2n) is 8.99. The molecule has 2 amide bonds. The Hall–Kier alpha value is -3.05. The maximum Gasteiger partial charge on any atom is 0.243 e. The van der Waals surface area contributed by atoms with Gasteiger partial charge in [0, 0.05) is 25.3 Å². The molecule has 0 bridgehead atoms. The third kappa shape index (κ3) is 8.59. The average molecular weight is 489 g/mol. The van der Waals surface area contributed by atoms with Gasteiger partial charge in [-0.15, -0.1) is 11.8 Å². The number of carbonyl (C=O) groups excluding carboxylic acids is 2. The van der Waals surface area contributed by atoms with E-state index >= 15 is 0 Å². The maximum absolute atomic E-state index is 13.6. The van der Waals surface area contributed by atoms with Gasteiger partial charge in [0.05, 0.1) is 5.75 Å². The van der Waals surface area contributed by atoms with Gasteiger partial charge in [0.15, 0.2) is 0 Å². The third-order valence-corrected chi connectivity index (χ3v) is 6.78. The molecule has 0 aliphatic rings. The minimum atomic E-state index is -0.571. The van der Waals surface area contributed by atoms with E-state index in [0.29, 0.717) is 25.3 Å². The first-order valence-corrected chi connectivity index (χ1v) is 13.4. The summed E-state index contributed by atoms with van der Waals surface area (Å²) in [7, 11) is 0. The quantitative estimate of drug-likeness (QED) is 0.356. The van der Waals surface area contributed by atoms with Crippen LogP contribution in [-0.2, 0) is 28.3 Å². The summed E-state index contributed by atoms with van der Waals surface area (Å²) in [6, 6.07) is 25.8. The summed E-state index contributed by atoms with van der Waals surface area (Å²) in [6.07, 6.45) is 1.33. The van der Waals surface area contributed by atoms with Gasteiger partial charge in [-0.1, -0.05) is 96.9 Å². The van der Waals surface area contributed by atoms with Crippen LogP contribution in [0.25, 0.3) is 0 Å². The van der Waals surface area contributed by atoms with Gasteiger partial charge in [-0.25, -0.2) is 0 Å². The summed E-state index contributed by atoms with van der Waals surface area (Å²) in [5.74, 6) is 0.973. The van der Waals surface area contributed by atoms with E-state index in [-0.39, 0.29) is 11.8 Å². The zero-order valence-corrected chi connectivity index (χ0v) is 21.8. The molecule has 0 saturated heterocycles. The standard InChI is InChI=1S/C30H36N2O2S/c1-4-15-31-30(34)28(19-25-11-7-5-8-12-25)32(20-26-13-9-6-10-14-26)29(33)22-35-21-27-17-23(2)16-24(3)18-27/h5-14,16-18,28H,4,15,19-22H2,1-3H3,(H,31,34)/t28-/m1/s1. The molecule has 3 aromatic carbocycles. The van der Waals surface area contributed by atoms with Crippen LogP contribution in [-0.4, -0.2) is 35.1 Å². The molecule has 0 aliphatic carbocycles. The normalized spacial score (nSPS) is 11.6. The molecule has 0 saturated carbocycles. The Balaban J connectivity index is 1.81. The Kier molecular flexibility index (Phi) is 10.4. The fourth-order valence-corrected chi connectivity index (χ4v) is 5.04. The lowest BCUT2D eigenvalue weighted by Crippen LogP contribution is -2.51. The Bertz CT molecular complexity index is 1070. The Morgan fingerprint density at radius 2 is 1.46 bits per heavy atom. The van der Waals surface area contributed by atoms with Gasteiger partial charge in [-0.05, 0) is 37.0 Å². The molecule has 3 aromatic rings. The van der Waals surface area contributed by atoms with Crippen molar-refractivity contribution in [2.45, 2.75) is 52.0 Å². The molecule has 5 heteroatoms. The van der Waals surface area contributed by atoms with Gasteiger partial charge >= 0.3 is 0 Å². The number of carbonyl (C=O) groups is 2. The van der Waals surface area contributed by atoms with Crippen molar-refractivity contribution in [2.75, 3.05) is 12.3 Å². The summed E-state index contributed by atoms with van der Waals surface area (Å²) >= 11 is 1.60. The van der Waals surface area contributed by atoms with E-state index in [1.165, 1.54) is 16.7 Å². The molecule has 0 radical (unpaired) electrons. The molecule has 4 nitrogen and oxygen atoms in total. The lowest BCUT2D eigenvalue weighted by Gasteiger charge is -2.31. The average Bonchev–Trinajstić information content (AvgIpc) is 2.85. The van der Waals surface area contributed by atoms with Gasteiger partial charge in [0.2, 0.25) is 11.8 Å². The molecule has 3 rings (SSSR count). The van der Waals surface area contributed by atoms with E-state index in [0.717, 1.165) is 23.3 Å². The van der Waals surface area contributed by atoms with E-state index in [1.807, 2.05) is 67.6 Å². The van der Waals surface area contributed by atoms with Crippen LogP contribution in [0, 0.1) is 13.8 Å². The highest BCUT2D eigenvalue weighted by molar-refractivity contribution is 7.99. The monoisotopic (exact) mass is 488 g/mol. The predicted molar refractivity (Wildman–Crippen MR) is 146 cm³/mol. The van der Waals surface area contributed by atoms with E-state index < -0.39 is 6.04 Å². The minimum Gasteiger partial charge on any atom is -0.354 e. The van der Waals surface area contributed by atoms with E-state index in [4.69, 9.17) is 0 Å². The lowest BCUT2D eigenvalue weighted by atomic mass is 10.0. The van der Waals surface area contributed by atoms with Crippen LogP contribution >= 0.6 is 11.8 Å². The molecular weight excluding hydrogens is 452 g/mol. The third-order valence-electron chi connectivity index (χ3n) is 5.79. The number of benzene rings is 3. The predicted octanol–water partition coefficient (Wildman–Crippen LogP) is 5.70. The number of hydrogen-bond donors (Lipinski definition) is 1. The molecule has 0 spiro atoms. The number of amides is 2. The zero-order chi connectivity index (χ0) is 25.0. The van der Waals surface area contributed by atoms with Crippen LogP contribution in [0.1, 0.15) is 41.2 Å². The van der Waals surface area contributed by atoms with Crippen molar-refractivity contribution in [3.63, 3.8) is 0 Å². The molecule has 35 heavy (non-hydrogen) atoms. The van der Waals surface area contributed by atoms with Crippen LogP contribution in [0.15, 0.2) is 78.9 Å². The van der Waals surface area contributed by atoms with Crippen molar-refractivity contribution in [1.82, 2.24) is 10.2 Å². The summed E-state index contributed by atoms with van der Waals surface area (Å²) in [4.78, 5) is 28.7. The number of nitrogens with one attached hydrogen (secondary N) is 1. The second kappa shape index (κ2) is 13.7. The second-order valence-corrected chi connectivity index (χ2v) is 9.98. The first-order valence-electron chi connectivity index (χ1n) is 12.3. The summed E-state index contributed by atoms with van der Waals surface area (Å²) in [6.45, 7) is 7.22. The smallest absolute Gasteiger partial charge is 0.243 e. The van der Waals surface area contributed by atoms with Crippen molar-refractivity contribution in [3.8, 4) is 0 Å². The molecule has 184 valence electrons. The molecule has 1 atom stereocenters. The number of rotatable bonds is 12. The molecule has 0 aromatic heterocycles. The lowest BCUT2D eigenvalue weighted by molar-refractivity contribution is -0.139. The van der Waals surface area contributed by atoms with Crippen molar-refractivity contribution in [2.24, 2.45) is 0 Å². The summed E-state index contributed by atoms with van der Waals surface area (Å²) in [5.41, 5.74) is 5.73. The highest BCUT2D eigenvalue weighted by Gasteiger charge is 2.30. The van der Waals surface area contributed by atoms with E-state index in [9.17, 15) is 9.59 Å². The van der Waals surface area contributed by atoms with Crippen LogP contribution in [0.2, 0.25) is 0 Å². The van der Waals surface area contributed by atoms with Crippen molar-refractivity contribution in [1.29, 1.82) is 0 Å². The number of nitrogens with zero attached hydrogens (tertiary/aromatic N) is 1. The number of aryl methyl sites for hydroxylation is 2. The SMILES string of the molecule is CCCNC(=O)[C@@H](Cc1ccccc1)N(Cc1ccccc1)C(=O)CSCc1cc(C)cc(C)c1. The summed E-state index contributed by atoms with van der Waals surface area (Å²) < 4.78 is 0. The molecule has 0 fully saturated rings. The van der Waals surface area contributed by atoms with Gasteiger partial charge < -0.3 is 10.2 Å². The highest BCUT2D eigenvalue weighted by atomic mass is 32.2. The summed E-state index contributed by atoms with van der Waals surface area (Å²) in [5, 5.41) is 3.03. The van der Waals surface area contributed by atoms with Crippen LogP contribution in [0.4, 0.5) is 0 Å². The zero-order valence-electron chi connectivity index (χ0n) is 21.0. The maximum atomic E-state index is 13.6. The van der Waals surface area contributed by atoms with E-state index in [2.05, 4.69) is 37.4 Å². The van der Waals surface area contributed by atoms with Crippen molar-refractivity contribution >= 4 is 23.6 Å². The fraction of sp³-hybridized carbons (Fsp3) is 0.333. The van der Waals surface area contributed by atoms with Crippen LogP contribution in [0.5, 0.6) is 0 Å². The van der Waals surface area contributed by atoms with Crippen molar-refractivity contribution < 1.29 is 9.59 Å². The van der Waals surface area contributed by atoms with Gasteiger partial charge in [-0.3, -0.25) is 9.59 Å². The molecular formula is C30H36N2O2S.